The average molecular weight is 291 g/mol. The van der Waals surface area contributed by atoms with Gasteiger partial charge < -0.3 is 10.1 Å². The summed E-state index contributed by atoms with van der Waals surface area (Å²) in [5.74, 6) is 3.55. The number of hydrogen-bond acceptors (Lipinski definition) is 4. The van der Waals surface area contributed by atoms with Crippen LogP contribution >= 0.6 is 0 Å². The van der Waals surface area contributed by atoms with Gasteiger partial charge in [0.25, 0.3) is 0 Å². The monoisotopic (exact) mass is 291 g/mol. The first kappa shape index (κ1) is 16.1. The van der Waals surface area contributed by atoms with Crippen LogP contribution in [0.1, 0.15) is 65.4 Å². The summed E-state index contributed by atoms with van der Waals surface area (Å²) in [4.78, 5) is 8.78. The Morgan fingerprint density at radius 1 is 1.24 bits per heavy atom. The first-order valence-electron chi connectivity index (χ1n) is 8.28. The molecule has 4 heteroatoms. The molecule has 2 rings (SSSR count). The summed E-state index contributed by atoms with van der Waals surface area (Å²) in [5, 5.41) is 3.32. The highest BCUT2D eigenvalue weighted by Crippen LogP contribution is 2.35. The highest BCUT2D eigenvalue weighted by atomic mass is 16.5. The second-order valence-electron chi connectivity index (χ2n) is 6.63. The van der Waals surface area contributed by atoms with Crippen molar-refractivity contribution in [2.24, 2.45) is 11.8 Å². The van der Waals surface area contributed by atoms with E-state index in [9.17, 15) is 0 Å². The summed E-state index contributed by atoms with van der Waals surface area (Å²) in [6.45, 7) is 11.9. The highest BCUT2D eigenvalue weighted by Gasteiger charge is 2.27. The third-order valence-corrected chi connectivity index (χ3v) is 4.60. The molecular weight excluding hydrogens is 262 g/mol. The van der Waals surface area contributed by atoms with Crippen molar-refractivity contribution < 1.29 is 4.74 Å². The second kappa shape index (κ2) is 7.10. The van der Waals surface area contributed by atoms with E-state index in [0.29, 0.717) is 5.92 Å². The van der Waals surface area contributed by atoms with E-state index < -0.39 is 0 Å². The molecule has 4 nitrogen and oxygen atoms in total. The van der Waals surface area contributed by atoms with Gasteiger partial charge in [-0.15, -0.1) is 0 Å². The number of ether oxygens (including phenoxy) is 1. The van der Waals surface area contributed by atoms with Crippen molar-refractivity contribution >= 4 is 5.82 Å². The summed E-state index contributed by atoms with van der Waals surface area (Å²) in [7, 11) is 0. The molecule has 0 radical (unpaired) electrons. The van der Waals surface area contributed by atoms with Crippen molar-refractivity contribution in [2.75, 3.05) is 11.9 Å². The maximum atomic E-state index is 6.26. The Labute approximate surface area is 128 Å². The van der Waals surface area contributed by atoms with E-state index in [4.69, 9.17) is 4.74 Å². The lowest BCUT2D eigenvalue weighted by Gasteiger charge is -2.32. The van der Waals surface area contributed by atoms with Crippen LogP contribution in [0.15, 0.2) is 6.33 Å². The maximum absolute atomic E-state index is 6.26. The molecule has 1 aromatic heterocycles. The van der Waals surface area contributed by atoms with Crippen LogP contribution in [0.25, 0.3) is 0 Å². The first-order valence-corrected chi connectivity index (χ1v) is 8.28. The fraction of sp³-hybridized carbons (Fsp3) is 0.765. The Balaban J connectivity index is 2.17. The second-order valence-corrected chi connectivity index (χ2v) is 6.63. The minimum Gasteiger partial charge on any atom is -0.474 e. The summed E-state index contributed by atoms with van der Waals surface area (Å²) < 4.78 is 6.26. The Kier molecular flexibility index (Phi) is 5.43. The zero-order valence-corrected chi connectivity index (χ0v) is 14.0. The number of hydrogen-bond donors (Lipinski definition) is 1. The van der Waals surface area contributed by atoms with Gasteiger partial charge in [-0.05, 0) is 43.9 Å². The Morgan fingerprint density at radius 3 is 2.62 bits per heavy atom. The predicted molar refractivity (Wildman–Crippen MR) is 86.9 cm³/mol. The van der Waals surface area contributed by atoms with Crippen LogP contribution in [0.3, 0.4) is 0 Å². The zero-order valence-electron chi connectivity index (χ0n) is 14.0. The van der Waals surface area contributed by atoms with Crippen LogP contribution in [0.2, 0.25) is 0 Å². The minimum atomic E-state index is 0.290. The predicted octanol–water partition coefficient (Wildman–Crippen LogP) is 4.24. The number of nitrogens with one attached hydrogen (secondary N) is 1. The normalized spacial score (nSPS) is 25.9. The van der Waals surface area contributed by atoms with Gasteiger partial charge >= 0.3 is 0 Å². The molecule has 1 aliphatic carbocycles. The van der Waals surface area contributed by atoms with Crippen molar-refractivity contribution in [1.82, 2.24) is 9.97 Å². The standard InChI is InChI=1S/C17H29N3O/c1-6-18-16-15(11(2)3)17(20-10-19-16)21-14-8-7-12(4)13(5)9-14/h10-14H,6-9H2,1-5H3,(H,18,19,20). The molecule has 1 fully saturated rings. The van der Waals surface area contributed by atoms with Gasteiger partial charge in [0.15, 0.2) is 0 Å². The van der Waals surface area contributed by atoms with Gasteiger partial charge in [0, 0.05) is 6.54 Å². The van der Waals surface area contributed by atoms with Crippen LogP contribution in [-0.2, 0) is 0 Å². The molecule has 1 aromatic rings. The van der Waals surface area contributed by atoms with E-state index >= 15 is 0 Å². The summed E-state index contributed by atoms with van der Waals surface area (Å²) in [5.41, 5.74) is 1.10. The lowest BCUT2D eigenvalue weighted by Crippen LogP contribution is -2.29. The van der Waals surface area contributed by atoms with Crippen molar-refractivity contribution in [1.29, 1.82) is 0 Å². The van der Waals surface area contributed by atoms with Crippen LogP contribution in [0.4, 0.5) is 5.82 Å². The van der Waals surface area contributed by atoms with Gasteiger partial charge in [-0.2, -0.15) is 0 Å². The van der Waals surface area contributed by atoms with Crippen LogP contribution < -0.4 is 10.1 Å². The van der Waals surface area contributed by atoms with Crippen LogP contribution in [0, 0.1) is 11.8 Å². The van der Waals surface area contributed by atoms with Gasteiger partial charge in [0.2, 0.25) is 5.88 Å². The van der Waals surface area contributed by atoms with Crippen molar-refractivity contribution in [3.63, 3.8) is 0 Å². The molecule has 0 spiro atoms. The third kappa shape index (κ3) is 3.86. The molecule has 3 atom stereocenters. The number of rotatable bonds is 5. The smallest absolute Gasteiger partial charge is 0.222 e. The lowest BCUT2D eigenvalue weighted by atomic mass is 9.80. The van der Waals surface area contributed by atoms with E-state index in [-0.39, 0.29) is 6.10 Å². The molecule has 0 saturated heterocycles. The molecule has 1 N–H and O–H groups in total. The Bertz CT molecular complexity index is 461. The van der Waals surface area contributed by atoms with E-state index in [1.54, 1.807) is 6.33 Å². The van der Waals surface area contributed by atoms with Crippen molar-refractivity contribution in [3.8, 4) is 5.88 Å². The van der Waals surface area contributed by atoms with Crippen molar-refractivity contribution in [3.05, 3.63) is 11.9 Å². The number of nitrogens with zero attached hydrogens (tertiary/aromatic N) is 2. The Morgan fingerprint density at radius 2 is 2.00 bits per heavy atom. The third-order valence-electron chi connectivity index (χ3n) is 4.60. The summed E-state index contributed by atoms with van der Waals surface area (Å²) in [6, 6.07) is 0. The van der Waals surface area contributed by atoms with E-state index in [0.717, 1.165) is 48.5 Å². The fourth-order valence-electron chi connectivity index (χ4n) is 3.07. The SMILES string of the molecule is CCNc1ncnc(OC2CCC(C)C(C)C2)c1C(C)C. The molecule has 1 heterocycles. The molecule has 0 aromatic carbocycles. The molecule has 0 amide bonds. The number of aromatic nitrogens is 2. The lowest BCUT2D eigenvalue weighted by molar-refractivity contribution is 0.0951. The van der Waals surface area contributed by atoms with E-state index in [2.05, 4.69) is 49.9 Å². The van der Waals surface area contributed by atoms with Crippen LogP contribution in [-0.4, -0.2) is 22.6 Å². The summed E-state index contributed by atoms with van der Waals surface area (Å²) >= 11 is 0. The topological polar surface area (TPSA) is 47.0 Å². The Hall–Kier alpha value is -1.32. The van der Waals surface area contributed by atoms with Crippen molar-refractivity contribution in [2.45, 2.75) is 65.9 Å². The molecule has 118 valence electrons. The van der Waals surface area contributed by atoms with Gasteiger partial charge in [-0.25, -0.2) is 9.97 Å². The average Bonchev–Trinajstić information content (AvgIpc) is 2.43. The minimum absolute atomic E-state index is 0.290. The molecule has 21 heavy (non-hydrogen) atoms. The van der Waals surface area contributed by atoms with Gasteiger partial charge in [0.1, 0.15) is 18.2 Å². The molecule has 1 aliphatic rings. The molecule has 0 bridgehead atoms. The van der Waals surface area contributed by atoms with Gasteiger partial charge in [-0.1, -0.05) is 27.7 Å². The maximum Gasteiger partial charge on any atom is 0.222 e. The quantitative estimate of drug-likeness (QED) is 0.881. The molecule has 1 saturated carbocycles. The highest BCUT2D eigenvalue weighted by molar-refractivity contribution is 5.50. The molecular formula is C17H29N3O. The summed E-state index contributed by atoms with van der Waals surface area (Å²) in [6.07, 6.45) is 5.39. The van der Waals surface area contributed by atoms with E-state index in [1.165, 1.54) is 6.42 Å². The fourth-order valence-corrected chi connectivity index (χ4v) is 3.07. The number of anilines is 1. The van der Waals surface area contributed by atoms with E-state index in [1.807, 2.05) is 0 Å². The van der Waals surface area contributed by atoms with Crippen LogP contribution in [0.5, 0.6) is 5.88 Å². The van der Waals surface area contributed by atoms with Gasteiger partial charge in [-0.3, -0.25) is 0 Å². The van der Waals surface area contributed by atoms with Gasteiger partial charge in [0.05, 0.1) is 5.56 Å². The zero-order chi connectivity index (χ0) is 15.4. The largest absolute Gasteiger partial charge is 0.474 e. The molecule has 3 unspecified atom stereocenters. The molecule has 0 aliphatic heterocycles. The first-order chi connectivity index (χ1) is 10.0.